The van der Waals surface area contributed by atoms with Crippen molar-refractivity contribution in [2.24, 2.45) is 4.99 Å². The number of thioether (sulfide) groups is 1. The van der Waals surface area contributed by atoms with E-state index in [1.165, 1.54) is 17.8 Å². The first-order valence-corrected chi connectivity index (χ1v) is 8.59. The quantitative estimate of drug-likeness (QED) is 0.910. The molecule has 2 aromatic rings. The molecule has 1 aliphatic rings. The maximum atomic E-state index is 13.9. The van der Waals surface area contributed by atoms with Crippen molar-refractivity contribution in [3.63, 3.8) is 0 Å². The fraction of sp³-hybridized carbons (Fsp3) is 0.211. The van der Waals surface area contributed by atoms with E-state index in [0.29, 0.717) is 16.3 Å². The van der Waals surface area contributed by atoms with Gasteiger partial charge in [-0.2, -0.15) is 5.26 Å². The van der Waals surface area contributed by atoms with Gasteiger partial charge in [0.05, 0.1) is 17.7 Å². The van der Waals surface area contributed by atoms with Gasteiger partial charge >= 0.3 is 0 Å². The largest absolute Gasteiger partial charge is 0.304 e. The van der Waals surface area contributed by atoms with Crippen LogP contribution in [0.15, 0.2) is 53.5 Å². The second-order valence-electron chi connectivity index (χ2n) is 5.91. The van der Waals surface area contributed by atoms with Crippen LogP contribution < -0.4 is 5.32 Å². The maximum Gasteiger partial charge on any atom is 0.246 e. The molecule has 4 nitrogen and oxygen atoms in total. The van der Waals surface area contributed by atoms with Crippen molar-refractivity contribution in [2.45, 2.75) is 24.6 Å². The molecule has 0 saturated carbocycles. The van der Waals surface area contributed by atoms with Gasteiger partial charge in [0, 0.05) is 5.56 Å². The van der Waals surface area contributed by atoms with Gasteiger partial charge in [-0.15, -0.1) is 0 Å². The molecule has 0 aromatic heterocycles. The fourth-order valence-electron chi connectivity index (χ4n) is 2.65. The van der Waals surface area contributed by atoms with Crippen LogP contribution in [-0.4, -0.2) is 11.1 Å². The van der Waals surface area contributed by atoms with Gasteiger partial charge in [-0.3, -0.25) is 9.79 Å². The Labute approximate surface area is 149 Å². The van der Waals surface area contributed by atoms with Crippen LogP contribution in [-0.2, 0) is 9.54 Å². The molecule has 126 valence electrons. The third-order valence-corrected chi connectivity index (χ3v) is 5.42. The van der Waals surface area contributed by atoms with Crippen molar-refractivity contribution in [1.29, 1.82) is 5.26 Å². The summed E-state index contributed by atoms with van der Waals surface area (Å²) in [4.78, 5) is 17.0. The Morgan fingerprint density at radius 2 is 1.92 bits per heavy atom. The van der Waals surface area contributed by atoms with Gasteiger partial charge in [-0.25, -0.2) is 4.39 Å². The van der Waals surface area contributed by atoms with E-state index in [4.69, 9.17) is 5.26 Å². The van der Waals surface area contributed by atoms with Gasteiger partial charge < -0.3 is 5.32 Å². The highest BCUT2D eigenvalue weighted by Gasteiger charge is 2.44. The Kier molecular flexibility index (Phi) is 4.60. The summed E-state index contributed by atoms with van der Waals surface area (Å²) in [6.07, 6.45) is 0. The Hall–Kier alpha value is -2.65. The third kappa shape index (κ3) is 3.28. The molecule has 25 heavy (non-hydrogen) atoms. The zero-order chi connectivity index (χ0) is 18.0. The average Bonchev–Trinajstić information content (AvgIpc) is 2.90. The maximum absolute atomic E-state index is 13.9. The number of carbonyl (C=O) groups is 1. The van der Waals surface area contributed by atoms with E-state index in [9.17, 15) is 9.18 Å². The molecule has 0 bridgehead atoms. The van der Waals surface area contributed by atoms with Crippen LogP contribution in [0.25, 0.3) is 0 Å². The van der Waals surface area contributed by atoms with E-state index in [1.54, 1.807) is 49.4 Å². The average molecular weight is 353 g/mol. The van der Waals surface area contributed by atoms with Gasteiger partial charge in [0.2, 0.25) is 5.91 Å². The molecule has 0 aliphatic carbocycles. The van der Waals surface area contributed by atoms with Crippen molar-refractivity contribution < 1.29 is 9.18 Å². The fourth-order valence-corrected chi connectivity index (χ4v) is 3.79. The highest BCUT2D eigenvalue weighted by atomic mass is 32.2. The van der Waals surface area contributed by atoms with Crippen LogP contribution in [0, 0.1) is 17.1 Å². The lowest BCUT2D eigenvalue weighted by Gasteiger charge is -2.19. The number of carbonyl (C=O) groups excluding carboxylic acids is 1. The Bertz CT molecular complexity index is 888. The van der Waals surface area contributed by atoms with E-state index in [-0.39, 0.29) is 11.7 Å². The van der Waals surface area contributed by atoms with E-state index in [2.05, 4.69) is 16.4 Å². The SMILES string of the molecule is CC(N=C1NC(=O)C(C)(c2ccc(C#N)cc2)S1)c1ccccc1F. The van der Waals surface area contributed by atoms with Crippen molar-refractivity contribution in [3.8, 4) is 6.07 Å². The summed E-state index contributed by atoms with van der Waals surface area (Å²) < 4.78 is 13.1. The van der Waals surface area contributed by atoms with Gasteiger partial charge in [0.1, 0.15) is 10.6 Å². The molecule has 2 atom stereocenters. The smallest absolute Gasteiger partial charge is 0.246 e. The van der Waals surface area contributed by atoms with Gasteiger partial charge in [-0.05, 0) is 37.6 Å². The van der Waals surface area contributed by atoms with Crippen LogP contribution >= 0.6 is 11.8 Å². The topological polar surface area (TPSA) is 65.2 Å². The van der Waals surface area contributed by atoms with Crippen LogP contribution in [0.3, 0.4) is 0 Å². The Balaban J connectivity index is 1.86. The number of nitriles is 1. The predicted molar refractivity (Wildman–Crippen MR) is 96.5 cm³/mol. The van der Waals surface area contributed by atoms with Crippen molar-refractivity contribution >= 4 is 22.8 Å². The summed E-state index contributed by atoms with van der Waals surface area (Å²) in [6.45, 7) is 3.60. The van der Waals surface area contributed by atoms with Crippen LogP contribution in [0.2, 0.25) is 0 Å². The molecule has 1 amide bonds. The molecule has 1 aliphatic heterocycles. The summed E-state index contributed by atoms with van der Waals surface area (Å²) in [5.74, 6) is -0.495. The normalized spacial score (nSPS) is 22.5. The number of hydrogen-bond acceptors (Lipinski definition) is 4. The standard InChI is InChI=1S/C19H16FN3OS/c1-12(15-5-3-4-6-16(15)20)22-18-23-17(24)19(2,25-18)14-9-7-13(11-21)8-10-14/h3-10,12H,1-2H3,(H,22,23,24). The predicted octanol–water partition coefficient (Wildman–Crippen LogP) is 3.89. The molecule has 0 radical (unpaired) electrons. The first kappa shape index (κ1) is 17.2. The van der Waals surface area contributed by atoms with Crippen LogP contribution in [0.1, 0.15) is 36.6 Å². The minimum atomic E-state index is -0.832. The lowest BCUT2D eigenvalue weighted by atomic mass is 9.98. The van der Waals surface area contributed by atoms with E-state index >= 15 is 0 Å². The zero-order valence-electron chi connectivity index (χ0n) is 13.8. The number of benzene rings is 2. The summed E-state index contributed by atoms with van der Waals surface area (Å²) in [5, 5.41) is 12.1. The number of nitrogens with zero attached hydrogens (tertiary/aromatic N) is 2. The number of amides is 1. The van der Waals surface area contributed by atoms with Crippen molar-refractivity contribution in [2.75, 3.05) is 0 Å². The zero-order valence-corrected chi connectivity index (χ0v) is 14.6. The number of nitrogens with one attached hydrogen (secondary N) is 1. The molecule has 1 fully saturated rings. The number of amidine groups is 1. The number of hydrogen-bond donors (Lipinski definition) is 1. The first-order valence-electron chi connectivity index (χ1n) is 7.77. The number of aliphatic imine (C=N–C) groups is 1. The lowest BCUT2D eigenvalue weighted by molar-refractivity contribution is -0.121. The molecule has 3 rings (SSSR count). The van der Waals surface area contributed by atoms with Gasteiger partial charge in [0.25, 0.3) is 0 Å². The first-order chi connectivity index (χ1) is 11.9. The summed E-state index contributed by atoms with van der Waals surface area (Å²) in [7, 11) is 0. The molecule has 1 saturated heterocycles. The molecule has 2 unspecified atom stereocenters. The summed E-state index contributed by atoms with van der Waals surface area (Å²) in [5.41, 5.74) is 1.81. The molecule has 6 heteroatoms. The molecule has 2 aromatic carbocycles. The lowest BCUT2D eigenvalue weighted by Crippen LogP contribution is -2.31. The number of rotatable bonds is 3. The summed E-state index contributed by atoms with van der Waals surface area (Å²) in [6, 6.07) is 15.0. The highest BCUT2D eigenvalue weighted by molar-refractivity contribution is 8.15. The highest BCUT2D eigenvalue weighted by Crippen LogP contribution is 2.41. The second kappa shape index (κ2) is 6.69. The van der Waals surface area contributed by atoms with E-state index in [0.717, 1.165) is 5.56 Å². The molecular formula is C19H16FN3OS. The van der Waals surface area contributed by atoms with Crippen LogP contribution in [0.4, 0.5) is 4.39 Å². The Morgan fingerprint density at radius 1 is 1.24 bits per heavy atom. The Morgan fingerprint density at radius 3 is 2.56 bits per heavy atom. The van der Waals surface area contributed by atoms with Gasteiger partial charge in [-0.1, -0.05) is 42.1 Å². The van der Waals surface area contributed by atoms with Crippen molar-refractivity contribution in [3.05, 3.63) is 71.0 Å². The van der Waals surface area contributed by atoms with Gasteiger partial charge in [0.15, 0.2) is 5.17 Å². The van der Waals surface area contributed by atoms with Crippen LogP contribution in [0.5, 0.6) is 0 Å². The van der Waals surface area contributed by atoms with Crippen molar-refractivity contribution in [1.82, 2.24) is 5.32 Å². The third-order valence-electron chi connectivity index (χ3n) is 4.19. The van der Waals surface area contributed by atoms with E-state index in [1.807, 2.05) is 6.92 Å². The number of halogens is 1. The summed E-state index contributed by atoms with van der Waals surface area (Å²) >= 11 is 1.30. The second-order valence-corrected chi connectivity index (χ2v) is 7.32. The minimum absolute atomic E-state index is 0.179. The molecule has 0 spiro atoms. The van der Waals surface area contributed by atoms with E-state index < -0.39 is 10.8 Å². The monoisotopic (exact) mass is 353 g/mol. The minimum Gasteiger partial charge on any atom is -0.304 e. The molecular weight excluding hydrogens is 337 g/mol. The molecule has 1 N–H and O–H groups in total. The molecule has 1 heterocycles.